The zero-order valence-corrected chi connectivity index (χ0v) is 27.9. The van der Waals surface area contributed by atoms with Crippen molar-refractivity contribution >= 4 is 33.8 Å². The number of nitrogens with one attached hydrogen (secondary N) is 4. The number of imidazole rings is 2. The third-order valence-electron chi connectivity index (χ3n) is 10.1. The number of aromatic nitrogens is 4. The molecule has 12 heteroatoms. The third kappa shape index (κ3) is 5.83. The standard InChI is InChI=1S/C37H41N7O5/c1-21(2)31(43-36(46)47-3)35(45)44-14-4-5-30(44)34-40-27-13-11-25-17-24(10-12-26(25)32(27)42-34)22-6-8-23(9-7-22)29-19-38-33(41-29)28-18-37(20-39-28)48-15-16-49-37/h6-13,17,19,21,28,30-31,39H,4-5,14-16,18,20H2,1-3H3,(H,38,41)(H,40,42)(H,43,46)/t28-,30-,31-/m0/s1. The second-order valence-electron chi connectivity index (χ2n) is 13.6. The molecule has 0 aliphatic carbocycles. The SMILES string of the molecule is COC(=O)N[C@H](C(=O)N1CCC[C@H]1c1nc2c(ccc3cc(-c4ccc(-c5cnc([C@@H]6CC7(CN6)OCCO7)[nH]5)cc4)ccc32)[nH]1)C(C)C. The fourth-order valence-electron chi connectivity index (χ4n) is 7.50. The van der Waals surface area contributed by atoms with Crippen LogP contribution in [0.2, 0.25) is 0 Å². The second kappa shape index (κ2) is 12.6. The summed E-state index contributed by atoms with van der Waals surface area (Å²) in [5, 5.41) is 8.33. The summed E-state index contributed by atoms with van der Waals surface area (Å²) in [5.74, 6) is 0.917. The van der Waals surface area contributed by atoms with Crippen LogP contribution < -0.4 is 10.6 Å². The van der Waals surface area contributed by atoms with Crippen molar-refractivity contribution < 1.29 is 23.8 Å². The van der Waals surface area contributed by atoms with E-state index in [0.717, 1.165) is 75.1 Å². The Hall–Kier alpha value is -4.78. The summed E-state index contributed by atoms with van der Waals surface area (Å²) in [4.78, 5) is 44.1. The fraction of sp³-hybridized carbons (Fsp3) is 0.405. The summed E-state index contributed by atoms with van der Waals surface area (Å²) in [5.41, 5.74) is 6.07. The van der Waals surface area contributed by atoms with E-state index in [1.165, 1.54) is 7.11 Å². The summed E-state index contributed by atoms with van der Waals surface area (Å²) >= 11 is 0. The molecule has 2 aromatic heterocycles. The third-order valence-corrected chi connectivity index (χ3v) is 10.1. The van der Waals surface area contributed by atoms with Crippen molar-refractivity contribution in [3.63, 3.8) is 0 Å². The van der Waals surface area contributed by atoms with Crippen LogP contribution in [0.1, 0.15) is 56.8 Å². The van der Waals surface area contributed by atoms with Gasteiger partial charge in [-0.15, -0.1) is 0 Å². The van der Waals surface area contributed by atoms with Gasteiger partial charge in [-0.3, -0.25) is 4.79 Å². The number of rotatable bonds is 7. The van der Waals surface area contributed by atoms with Crippen LogP contribution in [0.5, 0.6) is 0 Å². The number of nitrogens with zero attached hydrogens (tertiary/aromatic N) is 3. The number of amides is 2. The Morgan fingerprint density at radius 3 is 2.55 bits per heavy atom. The topological polar surface area (TPSA) is 146 Å². The molecule has 5 aromatic rings. The van der Waals surface area contributed by atoms with Crippen LogP contribution >= 0.6 is 0 Å². The quantitative estimate of drug-likeness (QED) is 0.176. The van der Waals surface area contributed by atoms with E-state index < -0.39 is 17.9 Å². The Balaban J connectivity index is 1.00. The van der Waals surface area contributed by atoms with Gasteiger partial charge in [0.2, 0.25) is 5.91 Å². The molecule has 3 aliphatic rings. The maximum atomic E-state index is 13.6. The van der Waals surface area contributed by atoms with Crippen molar-refractivity contribution in [3.05, 3.63) is 72.4 Å². The number of likely N-dealkylation sites (tertiary alicyclic amines) is 1. The Kier molecular flexibility index (Phi) is 8.09. The van der Waals surface area contributed by atoms with Crippen LogP contribution in [-0.2, 0) is 19.0 Å². The molecule has 1 spiro atoms. The predicted octanol–water partition coefficient (Wildman–Crippen LogP) is 5.59. The van der Waals surface area contributed by atoms with Gasteiger partial charge in [0, 0.05) is 18.4 Å². The largest absolute Gasteiger partial charge is 0.453 e. The first-order chi connectivity index (χ1) is 23.8. The van der Waals surface area contributed by atoms with E-state index in [1.54, 1.807) is 0 Å². The Morgan fingerprint density at radius 2 is 1.78 bits per heavy atom. The molecule has 3 saturated heterocycles. The predicted molar refractivity (Wildman–Crippen MR) is 184 cm³/mol. The molecule has 8 rings (SSSR count). The molecular formula is C37H41N7O5. The van der Waals surface area contributed by atoms with Crippen molar-refractivity contribution in [2.45, 2.75) is 57.0 Å². The molecule has 3 aliphatic heterocycles. The van der Waals surface area contributed by atoms with Gasteiger partial charge < -0.3 is 39.7 Å². The lowest BCUT2D eigenvalue weighted by Gasteiger charge is -2.29. The van der Waals surface area contributed by atoms with Gasteiger partial charge >= 0.3 is 6.09 Å². The van der Waals surface area contributed by atoms with E-state index in [9.17, 15) is 9.59 Å². The van der Waals surface area contributed by atoms with Crippen LogP contribution in [0.25, 0.3) is 44.2 Å². The molecule has 2 amide bonds. The maximum absolute atomic E-state index is 13.6. The minimum Gasteiger partial charge on any atom is -0.453 e. The number of fused-ring (bicyclic) bond motifs is 3. The van der Waals surface area contributed by atoms with E-state index in [4.69, 9.17) is 19.2 Å². The van der Waals surface area contributed by atoms with Crippen molar-refractivity contribution in [3.8, 4) is 22.4 Å². The summed E-state index contributed by atoms with van der Waals surface area (Å²) in [6.45, 7) is 6.38. The highest BCUT2D eigenvalue weighted by atomic mass is 16.7. The lowest BCUT2D eigenvalue weighted by atomic mass is 9.99. The van der Waals surface area contributed by atoms with Crippen molar-refractivity contribution in [1.82, 2.24) is 35.5 Å². The van der Waals surface area contributed by atoms with E-state index in [1.807, 2.05) is 24.9 Å². The van der Waals surface area contributed by atoms with Crippen molar-refractivity contribution in [1.29, 1.82) is 0 Å². The fourth-order valence-corrected chi connectivity index (χ4v) is 7.50. The lowest BCUT2D eigenvalue weighted by molar-refractivity contribution is -0.141. The van der Waals surface area contributed by atoms with E-state index in [0.29, 0.717) is 26.3 Å². The van der Waals surface area contributed by atoms with Crippen LogP contribution in [0.4, 0.5) is 4.79 Å². The van der Waals surface area contributed by atoms with Gasteiger partial charge in [0.25, 0.3) is 0 Å². The van der Waals surface area contributed by atoms with Gasteiger partial charge in [-0.2, -0.15) is 0 Å². The number of ether oxygens (including phenoxy) is 3. The number of benzene rings is 3. The van der Waals surface area contributed by atoms with E-state index in [-0.39, 0.29) is 23.9 Å². The minimum absolute atomic E-state index is 0.0629. The van der Waals surface area contributed by atoms with Crippen LogP contribution in [0.15, 0.2) is 60.8 Å². The number of carbonyl (C=O) groups excluding carboxylic acids is 2. The summed E-state index contributed by atoms with van der Waals surface area (Å²) in [6, 6.07) is 18.3. The zero-order chi connectivity index (χ0) is 33.7. The maximum Gasteiger partial charge on any atom is 0.407 e. The molecule has 0 bridgehead atoms. The highest BCUT2D eigenvalue weighted by Gasteiger charge is 2.45. The molecule has 12 nitrogen and oxygen atoms in total. The first kappa shape index (κ1) is 31.5. The van der Waals surface area contributed by atoms with Crippen molar-refractivity contribution in [2.24, 2.45) is 5.92 Å². The Morgan fingerprint density at radius 1 is 1.00 bits per heavy atom. The number of aromatic amines is 2. The number of hydrogen-bond acceptors (Lipinski definition) is 8. The average Bonchev–Trinajstić information content (AvgIpc) is 3.97. The van der Waals surface area contributed by atoms with Crippen LogP contribution in [0.3, 0.4) is 0 Å². The zero-order valence-electron chi connectivity index (χ0n) is 27.9. The molecule has 3 fully saturated rings. The molecule has 4 N–H and O–H groups in total. The number of carbonyl (C=O) groups is 2. The van der Waals surface area contributed by atoms with E-state index in [2.05, 4.69) is 80.2 Å². The molecular weight excluding hydrogens is 622 g/mol. The van der Waals surface area contributed by atoms with Gasteiger partial charge in [0.05, 0.1) is 61.9 Å². The summed E-state index contributed by atoms with van der Waals surface area (Å²) in [6.07, 6.45) is 3.68. The van der Waals surface area contributed by atoms with Gasteiger partial charge in [0.15, 0.2) is 5.79 Å². The Bertz CT molecular complexity index is 2010. The summed E-state index contributed by atoms with van der Waals surface area (Å²) in [7, 11) is 1.30. The second-order valence-corrected chi connectivity index (χ2v) is 13.6. The molecule has 0 saturated carbocycles. The molecule has 49 heavy (non-hydrogen) atoms. The van der Waals surface area contributed by atoms with Gasteiger partial charge in [-0.25, -0.2) is 14.8 Å². The first-order valence-electron chi connectivity index (χ1n) is 17.1. The lowest BCUT2D eigenvalue weighted by Crippen LogP contribution is -2.51. The highest BCUT2D eigenvalue weighted by Crippen LogP contribution is 2.37. The molecule has 254 valence electrons. The highest BCUT2D eigenvalue weighted by molar-refractivity contribution is 6.05. The van der Waals surface area contributed by atoms with Crippen molar-refractivity contribution in [2.75, 3.05) is 33.4 Å². The summed E-state index contributed by atoms with van der Waals surface area (Å²) < 4.78 is 16.5. The average molecular weight is 664 g/mol. The van der Waals surface area contributed by atoms with Gasteiger partial charge in [0.1, 0.15) is 17.7 Å². The minimum atomic E-state index is -0.674. The van der Waals surface area contributed by atoms with Crippen LogP contribution in [0, 0.1) is 5.92 Å². The molecule has 3 atom stereocenters. The first-order valence-corrected chi connectivity index (χ1v) is 17.1. The number of hydrogen-bond donors (Lipinski definition) is 4. The molecule has 0 radical (unpaired) electrons. The molecule has 3 aromatic carbocycles. The number of methoxy groups -OCH3 is 1. The molecule has 0 unspecified atom stereocenters. The normalized spacial score (nSPS) is 20.9. The number of alkyl carbamates (subject to hydrolysis) is 1. The number of H-pyrrole nitrogens is 2. The molecule has 5 heterocycles. The van der Waals surface area contributed by atoms with E-state index >= 15 is 0 Å². The Labute approximate surface area is 283 Å². The monoisotopic (exact) mass is 663 g/mol. The van der Waals surface area contributed by atoms with Gasteiger partial charge in [-0.05, 0) is 53.0 Å². The van der Waals surface area contributed by atoms with Gasteiger partial charge in [-0.1, -0.05) is 56.3 Å². The smallest absolute Gasteiger partial charge is 0.407 e. The van der Waals surface area contributed by atoms with Crippen LogP contribution in [-0.4, -0.2) is 82.1 Å².